The molecule has 0 aromatic carbocycles. The van der Waals surface area contributed by atoms with Gasteiger partial charge in [-0.1, -0.05) is 6.07 Å². The van der Waals surface area contributed by atoms with Crippen LogP contribution in [0, 0.1) is 6.92 Å². The van der Waals surface area contributed by atoms with Gasteiger partial charge in [-0.2, -0.15) is 0 Å². The second-order valence-corrected chi connectivity index (χ2v) is 5.16. The lowest BCUT2D eigenvalue weighted by Gasteiger charge is -2.14. The summed E-state index contributed by atoms with van der Waals surface area (Å²) in [5.74, 6) is 0. The molecule has 100 valence electrons. The van der Waals surface area contributed by atoms with E-state index in [1.54, 1.807) is 23.7 Å². The standard InChI is InChI=1S/C13H16N4OS/c1-9-8-19-12(16-9)7-15-13(18)17-10(2)11-4-3-5-14-6-11/h3-6,8,10H,7H2,1-2H3,(H2,15,17,18)/t10-/m0/s1. The largest absolute Gasteiger partial charge is 0.332 e. The molecule has 2 N–H and O–H groups in total. The van der Waals surface area contributed by atoms with Gasteiger partial charge in [-0.05, 0) is 25.5 Å². The lowest BCUT2D eigenvalue weighted by atomic mass is 10.1. The summed E-state index contributed by atoms with van der Waals surface area (Å²) in [5, 5.41) is 8.52. The number of thiazole rings is 1. The van der Waals surface area contributed by atoms with E-state index in [1.165, 1.54) is 0 Å². The highest BCUT2D eigenvalue weighted by Crippen LogP contribution is 2.10. The Morgan fingerprint density at radius 1 is 1.53 bits per heavy atom. The van der Waals surface area contributed by atoms with Gasteiger partial charge < -0.3 is 10.6 Å². The van der Waals surface area contributed by atoms with Gasteiger partial charge in [0.25, 0.3) is 0 Å². The lowest BCUT2D eigenvalue weighted by Crippen LogP contribution is -2.36. The van der Waals surface area contributed by atoms with E-state index in [0.29, 0.717) is 6.54 Å². The van der Waals surface area contributed by atoms with E-state index in [0.717, 1.165) is 16.3 Å². The quantitative estimate of drug-likeness (QED) is 0.901. The number of hydrogen-bond acceptors (Lipinski definition) is 4. The minimum absolute atomic E-state index is 0.0771. The van der Waals surface area contributed by atoms with Crippen LogP contribution in [0.2, 0.25) is 0 Å². The molecule has 0 radical (unpaired) electrons. The molecular formula is C13H16N4OS. The number of aromatic nitrogens is 2. The Labute approximate surface area is 116 Å². The summed E-state index contributed by atoms with van der Waals surface area (Å²) in [7, 11) is 0. The van der Waals surface area contributed by atoms with Crippen molar-refractivity contribution in [3.8, 4) is 0 Å². The van der Waals surface area contributed by atoms with E-state index in [2.05, 4.69) is 20.6 Å². The molecule has 0 saturated heterocycles. The van der Waals surface area contributed by atoms with Crippen molar-refractivity contribution < 1.29 is 4.79 Å². The van der Waals surface area contributed by atoms with E-state index in [-0.39, 0.29) is 12.1 Å². The minimum atomic E-state index is -0.204. The highest BCUT2D eigenvalue weighted by Gasteiger charge is 2.09. The van der Waals surface area contributed by atoms with E-state index in [9.17, 15) is 4.79 Å². The number of rotatable bonds is 4. The monoisotopic (exact) mass is 276 g/mol. The molecule has 2 amide bonds. The van der Waals surface area contributed by atoms with Crippen molar-refractivity contribution in [1.82, 2.24) is 20.6 Å². The Hall–Kier alpha value is -1.95. The molecule has 0 fully saturated rings. The molecule has 2 aromatic heterocycles. The zero-order chi connectivity index (χ0) is 13.7. The zero-order valence-corrected chi connectivity index (χ0v) is 11.7. The Kier molecular flexibility index (Phi) is 4.46. The van der Waals surface area contributed by atoms with Crippen molar-refractivity contribution in [3.05, 3.63) is 46.2 Å². The number of urea groups is 1. The zero-order valence-electron chi connectivity index (χ0n) is 10.9. The van der Waals surface area contributed by atoms with Crippen molar-refractivity contribution in [3.63, 3.8) is 0 Å². The number of carbonyl (C=O) groups excluding carboxylic acids is 1. The summed E-state index contributed by atoms with van der Waals surface area (Å²) >= 11 is 1.54. The van der Waals surface area contributed by atoms with E-state index < -0.39 is 0 Å². The normalized spacial score (nSPS) is 11.9. The fourth-order valence-electron chi connectivity index (χ4n) is 1.60. The Morgan fingerprint density at radius 3 is 3.00 bits per heavy atom. The van der Waals surface area contributed by atoms with Gasteiger partial charge in [0.1, 0.15) is 5.01 Å². The molecule has 5 nitrogen and oxygen atoms in total. The second-order valence-electron chi connectivity index (χ2n) is 4.22. The number of nitrogens with zero attached hydrogens (tertiary/aromatic N) is 2. The predicted octanol–water partition coefficient (Wildman–Crippen LogP) is 2.41. The van der Waals surface area contributed by atoms with Gasteiger partial charge in [0, 0.05) is 23.5 Å². The van der Waals surface area contributed by atoms with Crippen molar-refractivity contribution >= 4 is 17.4 Å². The first-order chi connectivity index (χ1) is 9.15. The van der Waals surface area contributed by atoms with Crippen molar-refractivity contribution in [2.75, 3.05) is 0 Å². The minimum Gasteiger partial charge on any atom is -0.332 e. The molecule has 2 rings (SSSR count). The van der Waals surface area contributed by atoms with Gasteiger partial charge in [0.05, 0.1) is 12.6 Å². The van der Waals surface area contributed by atoms with Gasteiger partial charge >= 0.3 is 6.03 Å². The summed E-state index contributed by atoms with van der Waals surface area (Å²) in [4.78, 5) is 20.1. The van der Waals surface area contributed by atoms with Gasteiger partial charge in [-0.3, -0.25) is 4.98 Å². The van der Waals surface area contributed by atoms with Crippen molar-refractivity contribution in [2.24, 2.45) is 0 Å². The number of nitrogens with one attached hydrogen (secondary N) is 2. The average Bonchev–Trinajstić information content (AvgIpc) is 2.83. The number of aryl methyl sites for hydroxylation is 1. The fraction of sp³-hybridized carbons (Fsp3) is 0.308. The van der Waals surface area contributed by atoms with Crippen molar-refractivity contribution in [2.45, 2.75) is 26.4 Å². The molecule has 19 heavy (non-hydrogen) atoms. The molecule has 0 bridgehead atoms. The molecular weight excluding hydrogens is 260 g/mol. The first-order valence-electron chi connectivity index (χ1n) is 6.00. The highest BCUT2D eigenvalue weighted by atomic mass is 32.1. The summed E-state index contributed by atoms with van der Waals surface area (Å²) in [6, 6.07) is 3.50. The van der Waals surface area contributed by atoms with Crippen LogP contribution < -0.4 is 10.6 Å². The number of amides is 2. The first kappa shape index (κ1) is 13.5. The Bertz CT molecular complexity index is 541. The van der Waals surface area contributed by atoms with Crippen LogP contribution in [-0.4, -0.2) is 16.0 Å². The third-order valence-corrected chi connectivity index (χ3v) is 3.57. The van der Waals surface area contributed by atoms with Gasteiger partial charge in [-0.25, -0.2) is 9.78 Å². The van der Waals surface area contributed by atoms with E-state index in [1.807, 2.05) is 31.4 Å². The number of pyridine rings is 1. The van der Waals surface area contributed by atoms with E-state index >= 15 is 0 Å². The Morgan fingerprint density at radius 2 is 2.37 bits per heavy atom. The van der Waals surface area contributed by atoms with Crippen molar-refractivity contribution in [1.29, 1.82) is 0 Å². The second kappa shape index (κ2) is 6.29. The van der Waals surface area contributed by atoms with Crippen LogP contribution in [-0.2, 0) is 6.54 Å². The molecule has 0 aliphatic carbocycles. The van der Waals surface area contributed by atoms with Crippen LogP contribution in [0.4, 0.5) is 4.79 Å². The van der Waals surface area contributed by atoms with Crippen LogP contribution in [0.1, 0.15) is 29.2 Å². The maximum atomic E-state index is 11.7. The van der Waals surface area contributed by atoms with Crippen LogP contribution in [0.15, 0.2) is 29.9 Å². The maximum absolute atomic E-state index is 11.7. The van der Waals surface area contributed by atoms with Crippen LogP contribution in [0.5, 0.6) is 0 Å². The summed E-state index contributed by atoms with van der Waals surface area (Å²) in [6.45, 7) is 4.30. The molecule has 0 aliphatic heterocycles. The third kappa shape index (κ3) is 4.03. The van der Waals surface area contributed by atoms with E-state index in [4.69, 9.17) is 0 Å². The summed E-state index contributed by atoms with van der Waals surface area (Å²) < 4.78 is 0. The molecule has 0 unspecified atom stereocenters. The first-order valence-corrected chi connectivity index (χ1v) is 6.88. The molecule has 0 aliphatic rings. The average molecular weight is 276 g/mol. The fourth-order valence-corrected chi connectivity index (χ4v) is 2.31. The molecule has 0 saturated carbocycles. The van der Waals surface area contributed by atoms with Crippen LogP contribution >= 0.6 is 11.3 Å². The SMILES string of the molecule is Cc1csc(CNC(=O)N[C@@H](C)c2cccnc2)n1. The third-order valence-electron chi connectivity index (χ3n) is 2.60. The molecule has 0 spiro atoms. The highest BCUT2D eigenvalue weighted by molar-refractivity contribution is 7.09. The topological polar surface area (TPSA) is 66.9 Å². The van der Waals surface area contributed by atoms with Crippen LogP contribution in [0.3, 0.4) is 0 Å². The van der Waals surface area contributed by atoms with Gasteiger partial charge in [0.15, 0.2) is 0 Å². The molecule has 2 aromatic rings. The Balaban J connectivity index is 1.81. The molecule has 6 heteroatoms. The molecule has 1 atom stereocenters. The summed E-state index contributed by atoms with van der Waals surface area (Å²) in [5.41, 5.74) is 1.95. The lowest BCUT2D eigenvalue weighted by molar-refractivity contribution is 0.237. The number of hydrogen-bond donors (Lipinski definition) is 2. The predicted molar refractivity (Wildman–Crippen MR) is 74.9 cm³/mol. The maximum Gasteiger partial charge on any atom is 0.315 e. The molecule has 2 heterocycles. The smallest absolute Gasteiger partial charge is 0.315 e. The van der Waals surface area contributed by atoms with Gasteiger partial charge in [-0.15, -0.1) is 11.3 Å². The summed E-state index contributed by atoms with van der Waals surface area (Å²) in [6.07, 6.45) is 3.45. The van der Waals surface area contributed by atoms with Crippen LogP contribution in [0.25, 0.3) is 0 Å². The number of carbonyl (C=O) groups is 1. The van der Waals surface area contributed by atoms with Gasteiger partial charge in [0.2, 0.25) is 0 Å².